The number of hydrogen-bond acceptors (Lipinski definition) is 12. The molecule has 65 heavy (non-hydrogen) atoms. The highest BCUT2D eigenvalue weighted by molar-refractivity contribution is 9.10. The summed E-state index contributed by atoms with van der Waals surface area (Å²) < 4.78 is 118. The van der Waals surface area contributed by atoms with Crippen molar-refractivity contribution in [2.75, 3.05) is 31.0 Å². The third-order valence-corrected chi connectivity index (χ3v) is 9.66. The van der Waals surface area contributed by atoms with Gasteiger partial charge in [0.05, 0.1) is 21.1 Å². The fourth-order valence-electron chi connectivity index (χ4n) is 5.52. The highest BCUT2D eigenvalue weighted by Gasteiger charge is 2.36. The van der Waals surface area contributed by atoms with E-state index in [0.29, 0.717) is 15.8 Å². The van der Waals surface area contributed by atoms with Gasteiger partial charge in [-0.15, -0.1) is 0 Å². The zero-order valence-corrected chi connectivity index (χ0v) is 36.3. The van der Waals surface area contributed by atoms with Gasteiger partial charge in [0.1, 0.15) is 23.8 Å². The van der Waals surface area contributed by atoms with Gasteiger partial charge in [0.2, 0.25) is 17.8 Å². The molecule has 7 aromatic rings. The number of rotatable bonds is 12. The number of nitrogens with zero attached hydrogens (tertiary/aromatic N) is 9. The molecule has 340 valence electrons. The van der Waals surface area contributed by atoms with Crippen LogP contribution in [0.2, 0.25) is 10.0 Å². The van der Waals surface area contributed by atoms with E-state index in [4.69, 9.17) is 32.7 Å². The topological polar surface area (TPSA) is 180 Å². The number of ether oxygens (including phenoxy) is 2. The lowest BCUT2D eigenvalue weighted by molar-refractivity contribution is -0.142. The number of aromatic nitrogens is 9. The molecule has 0 unspecified atom stereocenters. The van der Waals surface area contributed by atoms with Crippen LogP contribution in [-0.4, -0.2) is 75.9 Å². The third-order valence-electron chi connectivity index (χ3n) is 8.52. The zero-order chi connectivity index (χ0) is 47.4. The van der Waals surface area contributed by atoms with Crippen LogP contribution in [0.5, 0.6) is 5.88 Å². The fraction of sp³-hybridized carbons (Fsp3) is 0.179. The number of halogens is 11. The highest BCUT2D eigenvalue weighted by atomic mass is 79.9. The van der Waals surface area contributed by atoms with Gasteiger partial charge in [-0.1, -0.05) is 23.2 Å². The molecule has 7 rings (SSSR count). The van der Waals surface area contributed by atoms with Gasteiger partial charge >= 0.3 is 18.3 Å². The number of carbonyl (C=O) groups is 1. The Morgan fingerprint density at radius 3 is 1.72 bits per heavy atom. The second kappa shape index (κ2) is 19.7. The van der Waals surface area contributed by atoms with Crippen molar-refractivity contribution in [2.24, 2.45) is 0 Å². The maximum absolute atomic E-state index is 13.6. The van der Waals surface area contributed by atoms with Crippen LogP contribution < -0.4 is 15.4 Å². The first kappa shape index (κ1) is 48.0. The molecule has 2 aromatic carbocycles. The van der Waals surface area contributed by atoms with Crippen LogP contribution in [0.3, 0.4) is 0 Å². The van der Waals surface area contributed by atoms with Crippen LogP contribution in [0.1, 0.15) is 33.1 Å². The Bertz CT molecular complexity index is 2880. The monoisotopic (exact) mass is 1020 g/mol. The average molecular weight is 1020 g/mol. The first-order valence-electron chi connectivity index (χ1n) is 18.1. The van der Waals surface area contributed by atoms with Gasteiger partial charge in [-0.25, -0.2) is 37.9 Å². The molecule has 5 heterocycles. The molecule has 26 heteroatoms. The van der Waals surface area contributed by atoms with Crippen LogP contribution >= 0.6 is 39.1 Å². The van der Waals surface area contributed by atoms with Crippen molar-refractivity contribution >= 4 is 68.4 Å². The summed E-state index contributed by atoms with van der Waals surface area (Å²) in [5.41, 5.74) is -1.14. The predicted octanol–water partition coefficient (Wildman–Crippen LogP) is 10.6. The summed E-state index contributed by atoms with van der Waals surface area (Å²) in [6, 6.07) is 10.7. The van der Waals surface area contributed by atoms with Crippen LogP contribution in [0, 0.1) is 25.5 Å². The van der Waals surface area contributed by atoms with Crippen molar-refractivity contribution < 1.29 is 54.5 Å². The van der Waals surface area contributed by atoms with Crippen LogP contribution in [0.25, 0.3) is 22.8 Å². The van der Waals surface area contributed by atoms with E-state index in [0.717, 1.165) is 33.6 Å². The molecule has 0 amide bonds. The Morgan fingerprint density at radius 2 is 1.25 bits per heavy atom. The van der Waals surface area contributed by atoms with Crippen molar-refractivity contribution in [1.82, 2.24) is 44.5 Å². The molecule has 0 fully saturated rings. The number of nitrogens with one attached hydrogen (secondary N) is 2. The minimum atomic E-state index is -4.73. The quantitative estimate of drug-likeness (QED) is 0.0778. The van der Waals surface area contributed by atoms with Gasteiger partial charge in [-0.3, -0.25) is 0 Å². The van der Waals surface area contributed by atoms with Crippen molar-refractivity contribution in [2.45, 2.75) is 26.2 Å². The molecule has 0 aliphatic carbocycles. The molecule has 0 saturated carbocycles. The van der Waals surface area contributed by atoms with Crippen LogP contribution in [0.4, 0.5) is 58.4 Å². The number of pyridine rings is 1. The number of carboxylic acid groups (broad SMARTS) is 1. The average Bonchev–Trinajstić information content (AvgIpc) is 3.84. The Kier molecular flexibility index (Phi) is 14.5. The molecule has 0 spiro atoms. The molecule has 3 N–H and O–H groups in total. The molecule has 15 nitrogen and oxygen atoms in total. The molecule has 0 radical (unpaired) electrons. The van der Waals surface area contributed by atoms with Gasteiger partial charge in [0.25, 0.3) is 0 Å². The molecule has 0 aliphatic heterocycles. The lowest BCUT2D eigenvalue weighted by Crippen LogP contribution is -2.12. The lowest BCUT2D eigenvalue weighted by atomic mass is 10.1. The number of benzene rings is 2. The summed E-state index contributed by atoms with van der Waals surface area (Å²) >= 11 is 14.7. The van der Waals surface area contributed by atoms with Gasteiger partial charge in [0, 0.05) is 59.6 Å². The number of aryl methyl sites for hydroxylation is 2. The summed E-state index contributed by atoms with van der Waals surface area (Å²) in [7, 11) is 1.45. The maximum Gasteiger partial charge on any atom is 0.435 e. The number of anilines is 4. The SMILES string of the molecule is COCCOc1ncc(-c2cnc(Nc3ccc(F)c(Cl)c3)nc2-n2nc(C(F)(F)F)cc2C)cc1C(=O)O.Cc1cc(C(F)(F)F)nn1-c1nc(Nc2ccc(F)c(Cl)c2)ncc1Br. The summed E-state index contributed by atoms with van der Waals surface area (Å²) in [6.45, 7) is 3.10. The van der Waals surface area contributed by atoms with Crippen LogP contribution in [0.15, 0.2) is 77.7 Å². The van der Waals surface area contributed by atoms with E-state index < -0.39 is 41.3 Å². The van der Waals surface area contributed by atoms with Crippen molar-refractivity contribution in [3.63, 3.8) is 0 Å². The summed E-state index contributed by atoms with van der Waals surface area (Å²) in [5.74, 6) is -2.75. The predicted molar refractivity (Wildman–Crippen MR) is 222 cm³/mol. The molecular formula is C39H28BrCl2F8N11O4. The van der Waals surface area contributed by atoms with Gasteiger partial charge in [-0.05, 0) is 84.4 Å². The summed E-state index contributed by atoms with van der Waals surface area (Å²) in [6.07, 6.45) is -5.40. The van der Waals surface area contributed by atoms with Crippen LogP contribution in [-0.2, 0) is 17.1 Å². The van der Waals surface area contributed by atoms with E-state index in [1.807, 2.05) is 0 Å². The highest BCUT2D eigenvalue weighted by Crippen LogP contribution is 2.34. The van der Waals surface area contributed by atoms with Crippen molar-refractivity contribution in [3.05, 3.63) is 128 Å². The minimum Gasteiger partial charge on any atom is -0.477 e. The Hall–Kier alpha value is -6.50. The summed E-state index contributed by atoms with van der Waals surface area (Å²) in [4.78, 5) is 32.7. The fourth-order valence-corrected chi connectivity index (χ4v) is 6.24. The lowest BCUT2D eigenvalue weighted by Gasteiger charge is -2.14. The molecule has 0 aliphatic rings. The third kappa shape index (κ3) is 11.6. The number of hydrogen-bond donors (Lipinski definition) is 3. The van der Waals surface area contributed by atoms with Gasteiger partial charge in [0.15, 0.2) is 23.0 Å². The second-order valence-corrected chi connectivity index (χ2v) is 14.9. The second-order valence-electron chi connectivity index (χ2n) is 13.2. The standard InChI is InChI=1S/C24H19ClF4N6O4.C15H9BrClF4N5/c1-12-7-19(24(27,28)29)34-35(12)20-16(11-31-23(33-20)32-14-3-4-18(26)17(25)9-14)13-8-15(22(36)37)21(30-10-13)39-6-5-38-2;1-7-4-12(15(19,20)21)25-26(7)13-9(16)6-22-14(24-13)23-8-2-3-11(18)10(17)5-8/h3-4,7-11H,5-6H2,1-2H3,(H,36,37)(H,31,32,33);2-6H,1H3,(H,22,23,24). The van der Waals surface area contributed by atoms with E-state index in [-0.39, 0.29) is 80.7 Å². The number of carboxylic acids is 1. The Balaban J connectivity index is 0.000000233. The number of methoxy groups -OCH3 is 1. The van der Waals surface area contributed by atoms with Crippen molar-refractivity contribution in [3.8, 4) is 28.6 Å². The van der Waals surface area contributed by atoms with Gasteiger partial charge < -0.3 is 25.2 Å². The largest absolute Gasteiger partial charge is 0.477 e. The Morgan fingerprint density at radius 1 is 0.738 bits per heavy atom. The molecule has 5 aromatic heterocycles. The van der Waals surface area contributed by atoms with E-state index >= 15 is 0 Å². The van der Waals surface area contributed by atoms with E-state index in [2.05, 4.69) is 61.7 Å². The molecule has 0 saturated heterocycles. The molecule has 0 bridgehead atoms. The number of aromatic carboxylic acids is 1. The smallest absolute Gasteiger partial charge is 0.435 e. The molecular weight excluding hydrogens is 989 g/mol. The summed E-state index contributed by atoms with van der Waals surface area (Å²) in [5, 5.41) is 22.3. The van der Waals surface area contributed by atoms with E-state index in [9.17, 15) is 45.0 Å². The number of alkyl halides is 6. The first-order valence-corrected chi connectivity index (χ1v) is 19.7. The van der Waals surface area contributed by atoms with Gasteiger partial charge in [-0.2, -0.15) is 46.5 Å². The minimum absolute atomic E-state index is 0.0396. The van der Waals surface area contributed by atoms with E-state index in [1.165, 1.54) is 69.9 Å². The van der Waals surface area contributed by atoms with E-state index in [1.54, 1.807) is 0 Å². The molecule has 0 atom stereocenters. The normalized spacial score (nSPS) is 11.5. The zero-order valence-electron chi connectivity index (χ0n) is 33.2. The first-order chi connectivity index (χ1) is 30.6. The maximum atomic E-state index is 13.6. The Labute approximate surface area is 379 Å². The van der Waals surface area contributed by atoms with Crippen molar-refractivity contribution in [1.29, 1.82) is 0 Å².